The molecule has 0 fully saturated rings. The quantitative estimate of drug-likeness (QED) is 0.366. The van der Waals surface area contributed by atoms with Crippen LogP contribution in [0.15, 0.2) is 45.7 Å². The van der Waals surface area contributed by atoms with Crippen molar-refractivity contribution in [2.75, 3.05) is 12.4 Å². The van der Waals surface area contributed by atoms with Crippen molar-refractivity contribution < 1.29 is 8.63 Å². The topological polar surface area (TPSA) is 38.7 Å². The van der Waals surface area contributed by atoms with Crippen LogP contribution in [-0.2, 0) is 14.2 Å². The summed E-state index contributed by atoms with van der Waals surface area (Å²) in [7, 11) is -4.39. The number of hydrogen-bond donors (Lipinski definition) is 0. The molecule has 1 rings (SSSR count). The summed E-state index contributed by atoms with van der Waals surface area (Å²) in [6.07, 6.45) is 3.90. The van der Waals surface area contributed by atoms with Crippen molar-refractivity contribution in [1.82, 2.24) is 0 Å². The van der Waals surface area contributed by atoms with Gasteiger partial charge in [0.25, 0.3) is 0 Å². The number of allylic oxidation sites excluding steroid dienone is 1. The van der Waals surface area contributed by atoms with Crippen LogP contribution in [0.3, 0.4) is 0 Å². The molecule has 0 spiro atoms. The second-order valence-corrected chi connectivity index (χ2v) is 16.3. The molecule has 0 bridgehead atoms. The Kier molecular flexibility index (Phi) is 8.51. The zero-order valence-electron chi connectivity index (χ0n) is 18.7. The highest BCUT2D eigenvalue weighted by molar-refractivity contribution is 7.93. The van der Waals surface area contributed by atoms with E-state index in [9.17, 15) is 4.21 Å². The fourth-order valence-corrected chi connectivity index (χ4v) is 5.43. The zero-order valence-corrected chi connectivity index (χ0v) is 20.5. The first-order valence-corrected chi connectivity index (χ1v) is 14.5. The molecule has 0 N–H and O–H groups in total. The Labute approximate surface area is 168 Å². The summed E-state index contributed by atoms with van der Waals surface area (Å²) < 4.78 is 25.2. The molecule has 0 radical (unpaired) electrons. The Hall–Kier alpha value is -0.913. The van der Waals surface area contributed by atoms with Gasteiger partial charge in [0.15, 0.2) is 8.32 Å². The summed E-state index contributed by atoms with van der Waals surface area (Å²) in [5.74, 6) is 0.710. The minimum absolute atomic E-state index is 0.0850. The lowest BCUT2D eigenvalue weighted by Crippen LogP contribution is -2.43. The molecule has 0 saturated heterocycles. The number of benzene rings is 1. The van der Waals surface area contributed by atoms with E-state index in [1.165, 1.54) is 0 Å². The van der Waals surface area contributed by atoms with Gasteiger partial charge in [-0.15, -0.1) is 0 Å². The second-order valence-electron chi connectivity index (χ2n) is 9.18. The van der Waals surface area contributed by atoms with Crippen molar-refractivity contribution in [3.05, 3.63) is 42.0 Å². The Balaban J connectivity index is 3.27. The highest BCUT2D eigenvalue weighted by Gasteiger charge is 2.38. The van der Waals surface area contributed by atoms with Crippen LogP contribution in [-0.4, -0.2) is 30.9 Å². The number of rotatable bonds is 8. The van der Waals surface area contributed by atoms with Gasteiger partial charge >= 0.3 is 0 Å². The third kappa shape index (κ3) is 6.88. The van der Waals surface area contributed by atoms with Crippen LogP contribution >= 0.6 is 0 Å². The summed E-state index contributed by atoms with van der Waals surface area (Å²) in [4.78, 5) is 0.809. The average Bonchev–Trinajstić information content (AvgIpc) is 2.56. The molecular weight excluding hydrogens is 370 g/mol. The minimum atomic E-state index is -2.52. The molecule has 0 aliphatic heterocycles. The standard InChI is InChI=1S/C22H39NO2SSi/c1-10-11-16-26(24,20-14-12-19(4)13-15-20)23-21(18(2)3)17-25-27(8,9)22(5,6)7/h10-15,18,21H,16-17H2,1-9H3/b11-10+/t21-,26?/m0/s1. The smallest absolute Gasteiger partial charge is 0.192 e. The number of aryl methyl sites for hydroxylation is 1. The molecule has 0 amide bonds. The summed E-state index contributed by atoms with van der Waals surface area (Å²) in [5, 5.41) is 0.151. The second kappa shape index (κ2) is 9.53. The van der Waals surface area contributed by atoms with Gasteiger partial charge < -0.3 is 4.43 Å². The Morgan fingerprint density at radius 2 is 1.74 bits per heavy atom. The minimum Gasteiger partial charge on any atom is -0.415 e. The van der Waals surface area contributed by atoms with E-state index in [0.29, 0.717) is 12.4 Å². The summed E-state index contributed by atoms with van der Waals surface area (Å²) >= 11 is 0. The van der Waals surface area contributed by atoms with E-state index in [0.717, 1.165) is 10.5 Å². The van der Waals surface area contributed by atoms with Crippen LogP contribution < -0.4 is 0 Å². The van der Waals surface area contributed by atoms with Crippen LogP contribution in [0.25, 0.3) is 0 Å². The molecule has 1 aromatic rings. The maximum absolute atomic E-state index is 13.8. The largest absolute Gasteiger partial charge is 0.415 e. The molecule has 1 aromatic carbocycles. The van der Waals surface area contributed by atoms with Crippen molar-refractivity contribution >= 4 is 18.0 Å². The lowest BCUT2D eigenvalue weighted by atomic mass is 10.1. The highest BCUT2D eigenvalue weighted by atomic mass is 32.2. The molecule has 27 heavy (non-hydrogen) atoms. The van der Waals surface area contributed by atoms with Gasteiger partial charge in [0.05, 0.1) is 28.1 Å². The molecule has 0 saturated carbocycles. The molecule has 0 heterocycles. The van der Waals surface area contributed by atoms with Gasteiger partial charge in [-0.05, 0) is 50.0 Å². The third-order valence-corrected chi connectivity index (χ3v) is 12.2. The summed E-state index contributed by atoms with van der Waals surface area (Å²) in [6.45, 7) is 20.0. The predicted molar refractivity (Wildman–Crippen MR) is 121 cm³/mol. The zero-order chi connectivity index (χ0) is 20.9. The molecule has 0 aliphatic rings. The monoisotopic (exact) mass is 409 g/mol. The van der Waals surface area contributed by atoms with E-state index in [-0.39, 0.29) is 17.0 Å². The molecule has 154 valence electrons. The van der Waals surface area contributed by atoms with Crippen LogP contribution in [0.5, 0.6) is 0 Å². The molecule has 3 nitrogen and oxygen atoms in total. The Morgan fingerprint density at radius 1 is 1.19 bits per heavy atom. The van der Waals surface area contributed by atoms with Crippen LogP contribution in [0.2, 0.25) is 18.1 Å². The summed E-state index contributed by atoms with van der Waals surface area (Å²) in [6, 6.07) is 7.85. The molecule has 0 aromatic heterocycles. The van der Waals surface area contributed by atoms with E-state index < -0.39 is 18.0 Å². The van der Waals surface area contributed by atoms with Gasteiger partial charge in [0.1, 0.15) is 0 Å². The Morgan fingerprint density at radius 3 is 2.19 bits per heavy atom. The number of nitrogens with zero attached hydrogens (tertiary/aromatic N) is 1. The lowest BCUT2D eigenvalue weighted by Gasteiger charge is -2.37. The fourth-order valence-electron chi connectivity index (χ4n) is 2.25. The first-order valence-electron chi connectivity index (χ1n) is 9.88. The summed E-state index contributed by atoms with van der Waals surface area (Å²) in [5.41, 5.74) is 1.16. The van der Waals surface area contributed by atoms with Crippen molar-refractivity contribution in [1.29, 1.82) is 0 Å². The Bertz CT molecular complexity index is 737. The van der Waals surface area contributed by atoms with E-state index in [2.05, 4.69) is 47.7 Å². The maximum atomic E-state index is 13.8. The van der Waals surface area contributed by atoms with Crippen molar-refractivity contribution in [3.8, 4) is 0 Å². The van der Waals surface area contributed by atoms with Crippen molar-refractivity contribution in [2.24, 2.45) is 10.3 Å². The van der Waals surface area contributed by atoms with Gasteiger partial charge in [-0.2, -0.15) is 0 Å². The van der Waals surface area contributed by atoms with E-state index in [4.69, 9.17) is 8.79 Å². The number of hydrogen-bond acceptors (Lipinski definition) is 3. The first-order chi connectivity index (χ1) is 12.3. The molecule has 5 heteroatoms. The van der Waals surface area contributed by atoms with E-state index >= 15 is 0 Å². The average molecular weight is 410 g/mol. The highest BCUT2D eigenvalue weighted by Crippen LogP contribution is 2.37. The maximum Gasteiger partial charge on any atom is 0.192 e. The van der Waals surface area contributed by atoms with Gasteiger partial charge in [-0.25, -0.2) is 8.57 Å². The normalized spacial score (nSPS) is 16.5. The van der Waals surface area contributed by atoms with E-state index in [1.54, 1.807) is 0 Å². The third-order valence-electron chi connectivity index (χ3n) is 5.44. The van der Waals surface area contributed by atoms with Gasteiger partial charge in [-0.1, -0.05) is 64.5 Å². The SMILES string of the molecule is C/C=C/CS(=O)(=N[C@@H](CO[Si](C)(C)C(C)(C)C)C(C)C)c1ccc(C)cc1. The van der Waals surface area contributed by atoms with Crippen LogP contribution in [0, 0.1) is 12.8 Å². The van der Waals surface area contributed by atoms with E-state index in [1.807, 2.05) is 50.3 Å². The van der Waals surface area contributed by atoms with Crippen molar-refractivity contribution in [2.45, 2.75) is 77.5 Å². The molecule has 0 aliphatic carbocycles. The molecular formula is C22H39NO2SSi. The van der Waals surface area contributed by atoms with Gasteiger partial charge in [0.2, 0.25) is 0 Å². The van der Waals surface area contributed by atoms with Crippen molar-refractivity contribution in [3.63, 3.8) is 0 Å². The van der Waals surface area contributed by atoms with Crippen LogP contribution in [0.4, 0.5) is 0 Å². The van der Waals surface area contributed by atoms with Gasteiger partial charge in [0, 0.05) is 4.90 Å². The first kappa shape index (κ1) is 24.1. The van der Waals surface area contributed by atoms with Crippen LogP contribution in [0.1, 0.15) is 47.1 Å². The lowest BCUT2D eigenvalue weighted by molar-refractivity contribution is 0.240. The predicted octanol–water partition coefficient (Wildman–Crippen LogP) is 6.44. The molecule has 2 atom stereocenters. The molecule has 1 unspecified atom stereocenters. The van der Waals surface area contributed by atoms with Gasteiger partial charge in [-0.3, -0.25) is 0 Å². The fraction of sp³-hybridized carbons (Fsp3) is 0.636.